The molecule has 0 spiro atoms. The lowest BCUT2D eigenvalue weighted by molar-refractivity contribution is -0.146. The largest absolute Gasteiger partial charge is 0.469 e. The number of piperazine rings is 1. The number of benzene rings is 1. The third kappa shape index (κ3) is 4.81. The summed E-state index contributed by atoms with van der Waals surface area (Å²) in [6.45, 7) is 2.90. The maximum Gasteiger partial charge on any atom is 0.320 e. The van der Waals surface area contributed by atoms with Crippen LogP contribution in [0.4, 0.5) is 10.5 Å². The van der Waals surface area contributed by atoms with Gasteiger partial charge in [-0.15, -0.1) is 0 Å². The average molecular weight is 402 g/mol. The van der Waals surface area contributed by atoms with Gasteiger partial charge in [0.15, 0.2) is 0 Å². The van der Waals surface area contributed by atoms with Gasteiger partial charge in [-0.25, -0.2) is 4.79 Å². The van der Waals surface area contributed by atoms with Crippen molar-refractivity contribution in [1.29, 1.82) is 5.41 Å². The van der Waals surface area contributed by atoms with E-state index in [4.69, 9.17) is 15.9 Å². The lowest BCUT2D eigenvalue weighted by Gasteiger charge is -2.40. The number of esters is 1. The van der Waals surface area contributed by atoms with E-state index in [1.54, 1.807) is 0 Å². The molecule has 8 heteroatoms. The Morgan fingerprint density at radius 1 is 1.07 bits per heavy atom. The summed E-state index contributed by atoms with van der Waals surface area (Å²) in [5, 5.41) is 7.48. The Morgan fingerprint density at radius 3 is 2.17 bits per heavy atom. The van der Waals surface area contributed by atoms with Gasteiger partial charge in [0.1, 0.15) is 5.84 Å². The topological polar surface area (TPSA) is 103 Å². The number of ether oxygens (including phenoxy) is 1. The number of methoxy groups -OCH3 is 1. The van der Waals surface area contributed by atoms with Crippen LogP contribution in [0.3, 0.4) is 0 Å². The van der Waals surface area contributed by atoms with E-state index in [2.05, 4.69) is 4.90 Å². The number of carbonyl (C=O) groups excluding carboxylic acids is 2. The van der Waals surface area contributed by atoms with Crippen LogP contribution in [0.25, 0.3) is 0 Å². The summed E-state index contributed by atoms with van der Waals surface area (Å²) >= 11 is 0. The zero-order valence-electron chi connectivity index (χ0n) is 17.3. The molecule has 2 fully saturated rings. The van der Waals surface area contributed by atoms with E-state index in [0.717, 1.165) is 44.5 Å². The molecule has 0 aromatic heterocycles. The number of nitrogen functional groups attached to an aromatic ring is 1. The summed E-state index contributed by atoms with van der Waals surface area (Å²) in [6, 6.07) is 7.90. The number of urea groups is 1. The molecule has 29 heavy (non-hydrogen) atoms. The summed E-state index contributed by atoms with van der Waals surface area (Å²) in [5.74, 6) is -0.0989. The molecule has 2 aliphatic rings. The molecule has 0 radical (unpaired) electrons. The molecule has 0 bridgehead atoms. The second-order valence-electron chi connectivity index (χ2n) is 7.86. The molecule has 3 N–H and O–H groups in total. The Bertz CT molecular complexity index is 735. The second-order valence-corrected chi connectivity index (χ2v) is 7.86. The molecule has 8 nitrogen and oxygen atoms in total. The number of nitrogens with zero attached hydrogens (tertiary/aromatic N) is 3. The minimum Gasteiger partial charge on any atom is -0.469 e. The molecule has 0 atom stereocenters. The van der Waals surface area contributed by atoms with Crippen LogP contribution in [0.1, 0.15) is 31.2 Å². The number of hydrogen-bond acceptors (Lipinski definition) is 5. The van der Waals surface area contributed by atoms with Crippen molar-refractivity contribution in [2.75, 3.05) is 45.2 Å². The first-order valence-corrected chi connectivity index (χ1v) is 10.2. The molecule has 158 valence electrons. The number of amides is 2. The van der Waals surface area contributed by atoms with Crippen LogP contribution in [0, 0.1) is 11.3 Å². The lowest BCUT2D eigenvalue weighted by atomic mass is 9.85. The molecular weight excluding hydrogens is 370 g/mol. The zero-order valence-corrected chi connectivity index (χ0v) is 17.3. The lowest BCUT2D eigenvalue weighted by Crippen LogP contribution is -2.54. The van der Waals surface area contributed by atoms with Gasteiger partial charge in [0.25, 0.3) is 0 Å². The first-order valence-electron chi connectivity index (χ1n) is 10.2. The second kappa shape index (κ2) is 9.15. The summed E-state index contributed by atoms with van der Waals surface area (Å²) in [6.07, 6.45) is 3.23. The molecule has 1 aliphatic carbocycles. The SMILES string of the molecule is COC(=O)C1CCC(N(C)C(=O)N2CCN(c3ccc(C(=N)N)cc3)CC2)CC1. The van der Waals surface area contributed by atoms with Crippen molar-refractivity contribution < 1.29 is 14.3 Å². The summed E-state index contributed by atoms with van der Waals surface area (Å²) in [5.41, 5.74) is 7.31. The molecule has 0 unspecified atom stereocenters. The summed E-state index contributed by atoms with van der Waals surface area (Å²) in [4.78, 5) is 30.6. The first-order chi connectivity index (χ1) is 13.9. The van der Waals surface area contributed by atoms with Gasteiger partial charge in [-0.3, -0.25) is 10.2 Å². The van der Waals surface area contributed by atoms with Gasteiger partial charge in [0, 0.05) is 50.5 Å². The minimum absolute atomic E-state index is 0.0299. The van der Waals surface area contributed by atoms with Gasteiger partial charge in [-0.05, 0) is 49.9 Å². The van der Waals surface area contributed by atoms with Crippen molar-refractivity contribution in [3.8, 4) is 0 Å². The van der Waals surface area contributed by atoms with E-state index in [1.807, 2.05) is 41.1 Å². The molecular formula is C21H31N5O3. The fourth-order valence-electron chi connectivity index (χ4n) is 4.25. The number of amidine groups is 1. The van der Waals surface area contributed by atoms with E-state index < -0.39 is 0 Å². The van der Waals surface area contributed by atoms with Crippen LogP contribution < -0.4 is 10.6 Å². The zero-order chi connectivity index (χ0) is 21.0. The fraction of sp³-hybridized carbons (Fsp3) is 0.571. The maximum atomic E-state index is 12.9. The highest BCUT2D eigenvalue weighted by Gasteiger charge is 2.32. The van der Waals surface area contributed by atoms with Crippen LogP contribution >= 0.6 is 0 Å². The molecule has 2 amide bonds. The van der Waals surface area contributed by atoms with Crippen molar-refractivity contribution in [2.24, 2.45) is 11.7 Å². The maximum absolute atomic E-state index is 12.9. The van der Waals surface area contributed by atoms with E-state index >= 15 is 0 Å². The van der Waals surface area contributed by atoms with Gasteiger partial charge in [0.05, 0.1) is 13.0 Å². The molecule has 1 saturated carbocycles. The predicted octanol–water partition coefficient (Wildman–Crippen LogP) is 1.88. The van der Waals surface area contributed by atoms with Crippen molar-refractivity contribution >= 4 is 23.5 Å². The Morgan fingerprint density at radius 2 is 1.66 bits per heavy atom. The quantitative estimate of drug-likeness (QED) is 0.455. The summed E-state index contributed by atoms with van der Waals surface area (Å²) < 4.78 is 4.84. The van der Waals surface area contributed by atoms with Crippen LogP contribution in [0.5, 0.6) is 0 Å². The number of rotatable bonds is 4. The van der Waals surface area contributed by atoms with Gasteiger partial charge >= 0.3 is 12.0 Å². The Labute approximate surface area is 172 Å². The van der Waals surface area contributed by atoms with Crippen LogP contribution in [0.15, 0.2) is 24.3 Å². The van der Waals surface area contributed by atoms with E-state index in [1.165, 1.54) is 7.11 Å². The molecule has 1 aromatic rings. The average Bonchev–Trinajstić information content (AvgIpc) is 2.77. The number of anilines is 1. The highest BCUT2D eigenvalue weighted by atomic mass is 16.5. The third-order valence-corrected chi connectivity index (χ3v) is 6.17. The molecule has 1 heterocycles. The van der Waals surface area contributed by atoms with E-state index in [-0.39, 0.29) is 29.8 Å². The minimum atomic E-state index is -0.134. The Hall–Kier alpha value is -2.77. The highest BCUT2D eigenvalue weighted by Crippen LogP contribution is 2.28. The van der Waals surface area contributed by atoms with Gasteiger partial charge < -0.3 is 25.2 Å². The molecule has 1 aliphatic heterocycles. The smallest absolute Gasteiger partial charge is 0.320 e. The van der Waals surface area contributed by atoms with Crippen LogP contribution in [0.2, 0.25) is 0 Å². The van der Waals surface area contributed by atoms with Crippen molar-refractivity contribution in [3.63, 3.8) is 0 Å². The Kier molecular flexibility index (Phi) is 6.61. The molecule has 1 aromatic carbocycles. The van der Waals surface area contributed by atoms with E-state index in [9.17, 15) is 9.59 Å². The fourth-order valence-corrected chi connectivity index (χ4v) is 4.25. The van der Waals surface area contributed by atoms with Crippen molar-refractivity contribution in [2.45, 2.75) is 31.7 Å². The van der Waals surface area contributed by atoms with Crippen molar-refractivity contribution in [3.05, 3.63) is 29.8 Å². The molecule has 1 saturated heterocycles. The highest BCUT2D eigenvalue weighted by molar-refractivity contribution is 5.95. The monoisotopic (exact) mass is 401 g/mol. The molecule has 3 rings (SSSR count). The van der Waals surface area contributed by atoms with Gasteiger partial charge in [-0.2, -0.15) is 0 Å². The normalized spacial score (nSPS) is 22.1. The van der Waals surface area contributed by atoms with Crippen LogP contribution in [-0.2, 0) is 9.53 Å². The predicted molar refractivity (Wildman–Crippen MR) is 112 cm³/mol. The number of carbonyl (C=O) groups is 2. The first kappa shape index (κ1) is 21.0. The van der Waals surface area contributed by atoms with Gasteiger partial charge in [-0.1, -0.05) is 0 Å². The van der Waals surface area contributed by atoms with Crippen molar-refractivity contribution in [1.82, 2.24) is 9.80 Å². The van der Waals surface area contributed by atoms with Gasteiger partial charge in [0.2, 0.25) is 0 Å². The summed E-state index contributed by atoms with van der Waals surface area (Å²) in [7, 11) is 3.31. The van der Waals surface area contributed by atoms with E-state index in [0.29, 0.717) is 18.7 Å². The number of hydrogen-bond donors (Lipinski definition) is 2. The number of nitrogens with one attached hydrogen (secondary N) is 1. The standard InChI is InChI=1S/C21H31N5O3/c1-24(17-7-5-16(6-8-17)20(27)29-2)21(28)26-13-11-25(12-14-26)18-9-3-15(4-10-18)19(22)23/h3-4,9-10,16-17H,5-8,11-14H2,1-2H3,(H3,22,23). The Balaban J connectivity index is 1.49. The number of nitrogens with two attached hydrogens (primary N) is 1. The third-order valence-electron chi connectivity index (χ3n) is 6.17. The van der Waals surface area contributed by atoms with Crippen LogP contribution in [-0.4, -0.2) is 74.0 Å².